The number of hydrogen-bond acceptors (Lipinski definition) is 6. The van der Waals surface area contributed by atoms with E-state index in [1.165, 1.54) is 19.3 Å². The Morgan fingerprint density at radius 2 is 1.85 bits per heavy atom. The summed E-state index contributed by atoms with van der Waals surface area (Å²) in [5.41, 5.74) is 2.72. The quantitative estimate of drug-likeness (QED) is 0.429. The molecule has 0 aliphatic carbocycles. The van der Waals surface area contributed by atoms with Crippen LogP contribution in [0.15, 0.2) is 59.1 Å². The van der Waals surface area contributed by atoms with Crippen LogP contribution in [0, 0.1) is 0 Å². The summed E-state index contributed by atoms with van der Waals surface area (Å²) in [7, 11) is 1.63. The van der Waals surface area contributed by atoms with Crippen LogP contribution in [0.3, 0.4) is 0 Å². The Hall–Kier alpha value is -3.65. The van der Waals surface area contributed by atoms with E-state index in [-0.39, 0.29) is 12.5 Å². The number of carbonyl (C=O) groups is 1. The Balaban J connectivity index is 1.32. The lowest BCUT2D eigenvalue weighted by Gasteiger charge is -2.24. The summed E-state index contributed by atoms with van der Waals surface area (Å²) in [5.74, 6) is 1.78. The molecule has 8 heteroatoms. The van der Waals surface area contributed by atoms with Crippen molar-refractivity contribution in [3.05, 3.63) is 66.2 Å². The zero-order valence-electron chi connectivity index (χ0n) is 19.4. The first kappa shape index (κ1) is 22.2. The van der Waals surface area contributed by atoms with Crippen LogP contribution < -0.4 is 10.1 Å². The third kappa shape index (κ3) is 4.82. The van der Waals surface area contributed by atoms with Gasteiger partial charge in [-0.05, 0) is 38.1 Å². The van der Waals surface area contributed by atoms with Gasteiger partial charge in [0, 0.05) is 29.2 Å². The van der Waals surface area contributed by atoms with Crippen LogP contribution in [0.25, 0.3) is 22.4 Å². The molecule has 4 aromatic rings. The Labute approximate surface area is 198 Å². The minimum atomic E-state index is -0.0884. The van der Waals surface area contributed by atoms with Crippen molar-refractivity contribution in [3.8, 4) is 17.2 Å². The normalized spacial score (nSPS) is 14.4. The Morgan fingerprint density at radius 3 is 2.71 bits per heavy atom. The second kappa shape index (κ2) is 10.1. The molecule has 0 saturated carbocycles. The van der Waals surface area contributed by atoms with Gasteiger partial charge in [-0.25, -0.2) is 0 Å². The number of fused-ring (bicyclic) bond motifs is 1. The van der Waals surface area contributed by atoms with Crippen LogP contribution in [0.5, 0.6) is 5.75 Å². The number of aromatic nitrogens is 3. The van der Waals surface area contributed by atoms with E-state index in [1.807, 2.05) is 59.3 Å². The number of rotatable bonds is 8. The van der Waals surface area contributed by atoms with E-state index >= 15 is 0 Å². The summed E-state index contributed by atoms with van der Waals surface area (Å²) < 4.78 is 13.3. The molecule has 2 aromatic heterocycles. The van der Waals surface area contributed by atoms with Gasteiger partial charge < -0.3 is 19.0 Å². The van der Waals surface area contributed by atoms with Gasteiger partial charge in [0.15, 0.2) is 0 Å². The number of para-hydroxylation sites is 2. The minimum absolute atomic E-state index is 0.0884. The average molecular weight is 460 g/mol. The van der Waals surface area contributed by atoms with Crippen molar-refractivity contribution in [3.63, 3.8) is 0 Å². The van der Waals surface area contributed by atoms with E-state index in [9.17, 15) is 4.79 Å². The molecule has 2 aromatic carbocycles. The topological polar surface area (TPSA) is 85.4 Å². The Morgan fingerprint density at radius 1 is 1.06 bits per heavy atom. The zero-order chi connectivity index (χ0) is 23.3. The van der Waals surface area contributed by atoms with E-state index in [1.54, 1.807) is 7.11 Å². The van der Waals surface area contributed by atoms with Crippen molar-refractivity contribution in [2.24, 2.45) is 0 Å². The van der Waals surface area contributed by atoms with Gasteiger partial charge >= 0.3 is 0 Å². The van der Waals surface area contributed by atoms with Crippen LogP contribution in [0.4, 0.5) is 0 Å². The molecule has 3 heterocycles. The number of hydrogen-bond donors (Lipinski definition) is 1. The molecule has 1 amide bonds. The second-order valence-corrected chi connectivity index (χ2v) is 8.61. The minimum Gasteiger partial charge on any atom is -0.496 e. The maximum absolute atomic E-state index is 12.8. The van der Waals surface area contributed by atoms with E-state index in [0.29, 0.717) is 24.9 Å². The third-order valence-corrected chi connectivity index (χ3v) is 6.28. The molecule has 0 radical (unpaired) electrons. The number of amides is 1. The molecule has 5 rings (SSSR count). The third-order valence-electron chi connectivity index (χ3n) is 6.28. The fourth-order valence-corrected chi connectivity index (χ4v) is 4.54. The molecule has 1 fully saturated rings. The highest BCUT2D eigenvalue weighted by Crippen LogP contribution is 2.30. The molecule has 1 saturated heterocycles. The number of benzene rings is 2. The molecule has 34 heavy (non-hydrogen) atoms. The number of likely N-dealkylation sites (tertiary alicyclic amines) is 1. The molecule has 176 valence electrons. The predicted octanol–water partition coefficient (Wildman–Crippen LogP) is 4.00. The molecule has 1 N–H and O–H groups in total. The van der Waals surface area contributed by atoms with Crippen molar-refractivity contribution in [2.75, 3.05) is 20.2 Å². The Bertz CT molecular complexity index is 1270. The lowest BCUT2D eigenvalue weighted by Crippen LogP contribution is -2.29. The smallest absolute Gasteiger partial charge is 0.249 e. The molecule has 8 nitrogen and oxygen atoms in total. The van der Waals surface area contributed by atoms with Crippen LogP contribution in [0.1, 0.15) is 30.7 Å². The molecule has 0 atom stereocenters. The van der Waals surface area contributed by atoms with E-state index < -0.39 is 0 Å². The lowest BCUT2D eigenvalue weighted by molar-refractivity contribution is -0.121. The average Bonchev–Trinajstić information content (AvgIpc) is 3.48. The van der Waals surface area contributed by atoms with Crippen molar-refractivity contribution < 1.29 is 13.9 Å². The van der Waals surface area contributed by atoms with Gasteiger partial charge in [-0.3, -0.25) is 9.69 Å². The first-order valence-corrected chi connectivity index (χ1v) is 11.7. The number of carbonyl (C=O) groups excluding carboxylic acids is 1. The summed E-state index contributed by atoms with van der Waals surface area (Å²) in [5, 5.41) is 12.6. The molecular weight excluding hydrogens is 430 g/mol. The largest absolute Gasteiger partial charge is 0.496 e. The first-order valence-electron chi connectivity index (χ1n) is 11.7. The fraction of sp³-hybridized carbons (Fsp3) is 0.346. The van der Waals surface area contributed by atoms with Gasteiger partial charge in [-0.1, -0.05) is 42.8 Å². The SMILES string of the molecule is COc1ccccc1CNC(=O)Cn1cc(-c2nnc(CN3CCCCC3)o2)c2ccccc21. The second-order valence-electron chi connectivity index (χ2n) is 8.61. The molecular formula is C26H29N5O3. The summed E-state index contributed by atoms with van der Waals surface area (Å²) in [6.45, 7) is 3.40. The van der Waals surface area contributed by atoms with Crippen LogP contribution in [-0.2, 0) is 24.4 Å². The van der Waals surface area contributed by atoms with Crippen LogP contribution >= 0.6 is 0 Å². The predicted molar refractivity (Wildman–Crippen MR) is 129 cm³/mol. The maximum Gasteiger partial charge on any atom is 0.249 e. The van der Waals surface area contributed by atoms with Gasteiger partial charge in [0.1, 0.15) is 12.3 Å². The van der Waals surface area contributed by atoms with Gasteiger partial charge in [-0.15, -0.1) is 10.2 Å². The van der Waals surface area contributed by atoms with E-state index in [0.717, 1.165) is 40.9 Å². The highest BCUT2D eigenvalue weighted by atomic mass is 16.5. The number of piperidine rings is 1. The summed E-state index contributed by atoms with van der Waals surface area (Å²) in [6, 6.07) is 15.6. The lowest BCUT2D eigenvalue weighted by atomic mass is 10.1. The van der Waals surface area contributed by atoms with E-state index in [2.05, 4.69) is 20.4 Å². The van der Waals surface area contributed by atoms with Gasteiger partial charge in [0.05, 0.1) is 19.2 Å². The maximum atomic E-state index is 12.8. The molecule has 0 unspecified atom stereocenters. The van der Waals surface area contributed by atoms with Gasteiger partial charge in [0.2, 0.25) is 17.7 Å². The summed E-state index contributed by atoms with van der Waals surface area (Å²) >= 11 is 0. The van der Waals surface area contributed by atoms with Crippen LogP contribution in [0.2, 0.25) is 0 Å². The number of ether oxygens (including phenoxy) is 1. The monoisotopic (exact) mass is 459 g/mol. The first-order chi connectivity index (χ1) is 16.7. The summed E-state index contributed by atoms with van der Waals surface area (Å²) in [4.78, 5) is 15.1. The van der Waals surface area contributed by atoms with Crippen molar-refractivity contribution in [1.29, 1.82) is 0 Å². The number of nitrogens with one attached hydrogen (secondary N) is 1. The Kier molecular flexibility index (Phi) is 6.58. The summed E-state index contributed by atoms with van der Waals surface area (Å²) in [6.07, 6.45) is 5.64. The van der Waals surface area contributed by atoms with Crippen molar-refractivity contribution >= 4 is 16.8 Å². The van der Waals surface area contributed by atoms with Gasteiger partial charge in [0.25, 0.3) is 0 Å². The number of nitrogens with zero attached hydrogens (tertiary/aromatic N) is 4. The van der Waals surface area contributed by atoms with Crippen molar-refractivity contribution in [1.82, 2.24) is 25.0 Å². The fourth-order valence-electron chi connectivity index (χ4n) is 4.54. The van der Waals surface area contributed by atoms with Crippen molar-refractivity contribution in [2.45, 2.75) is 38.9 Å². The zero-order valence-corrected chi connectivity index (χ0v) is 19.4. The van der Waals surface area contributed by atoms with Crippen LogP contribution in [-0.4, -0.2) is 45.8 Å². The molecule has 1 aliphatic heterocycles. The standard InChI is InChI=1S/C26H29N5O3/c1-33-23-12-6-3-9-19(23)15-27-24(32)17-31-16-21(20-10-4-5-11-22(20)31)26-29-28-25(34-26)18-30-13-7-2-8-14-30/h3-6,9-12,16H,2,7-8,13-15,17-18H2,1H3,(H,27,32). The highest BCUT2D eigenvalue weighted by Gasteiger charge is 2.19. The molecule has 0 bridgehead atoms. The molecule has 1 aliphatic rings. The molecule has 0 spiro atoms. The number of methoxy groups -OCH3 is 1. The highest BCUT2D eigenvalue weighted by molar-refractivity contribution is 5.94. The van der Waals surface area contributed by atoms with Gasteiger partial charge in [-0.2, -0.15) is 0 Å². The van der Waals surface area contributed by atoms with E-state index in [4.69, 9.17) is 9.15 Å².